The van der Waals surface area contributed by atoms with Crippen LogP contribution in [0.25, 0.3) is 0 Å². The number of likely N-dealkylation sites (N-methyl/N-ethyl adjacent to an activating group) is 1. The number of imidazole rings is 1. The lowest BCUT2D eigenvalue weighted by Crippen LogP contribution is -2.33. The Hall–Kier alpha value is -1.85. The number of hydrogen-bond acceptors (Lipinski definition) is 3. The van der Waals surface area contributed by atoms with Crippen molar-refractivity contribution < 1.29 is 14.7 Å². The number of carbonyl (C=O) groups excluding carboxylic acids is 1. The Labute approximate surface area is 106 Å². The maximum absolute atomic E-state index is 11.9. The molecule has 100 valence electrons. The fourth-order valence-electron chi connectivity index (χ4n) is 1.82. The van der Waals surface area contributed by atoms with Crippen LogP contribution in [0.5, 0.6) is 0 Å². The van der Waals surface area contributed by atoms with Crippen LogP contribution in [0.2, 0.25) is 0 Å². The zero-order valence-corrected chi connectivity index (χ0v) is 10.7. The fourth-order valence-corrected chi connectivity index (χ4v) is 1.82. The number of aromatic nitrogens is 2. The van der Waals surface area contributed by atoms with Crippen molar-refractivity contribution in [1.82, 2.24) is 14.5 Å². The molecule has 1 rings (SSSR count). The number of aliphatic carboxylic acids is 1. The molecule has 1 unspecified atom stereocenters. The zero-order valence-electron chi connectivity index (χ0n) is 10.7. The van der Waals surface area contributed by atoms with Crippen molar-refractivity contribution in [3.63, 3.8) is 0 Å². The third-order valence-electron chi connectivity index (χ3n) is 2.78. The summed E-state index contributed by atoms with van der Waals surface area (Å²) in [6.45, 7) is 1.79. The van der Waals surface area contributed by atoms with Gasteiger partial charge in [-0.2, -0.15) is 0 Å². The zero-order chi connectivity index (χ0) is 13.5. The quantitative estimate of drug-likeness (QED) is 0.791. The monoisotopic (exact) mass is 253 g/mol. The van der Waals surface area contributed by atoms with Crippen molar-refractivity contribution in [2.75, 3.05) is 13.6 Å². The molecule has 1 N–H and O–H groups in total. The molecule has 18 heavy (non-hydrogen) atoms. The average Bonchev–Trinajstić information content (AvgIpc) is 2.80. The van der Waals surface area contributed by atoms with Crippen LogP contribution in [0.1, 0.15) is 32.2 Å². The van der Waals surface area contributed by atoms with Gasteiger partial charge in [-0.3, -0.25) is 9.59 Å². The predicted molar refractivity (Wildman–Crippen MR) is 66.1 cm³/mol. The van der Waals surface area contributed by atoms with Gasteiger partial charge in [-0.15, -0.1) is 0 Å². The van der Waals surface area contributed by atoms with Gasteiger partial charge in [0.05, 0.1) is 6.33 Å². The van der Waals surface area contributed by atoms with Crippen molar-refractivity contribution in [2.24, 2.45) is 0 Å². The molecule has 0 saturated heterocycles. The van der Waals surface area contributed by atoms with E-state index in [0.29, 0.717) is 6.42 Å². The SMILES string of the molecule is CCCC(CC(=O)N(C)CC(=O)O)n1ccnc1. The van der Waals surface area contributed by atoms with Crippen LogP contribution in [-0.4, -0.2) is 45.0 Å². The van der Waals surface area contributed by atoms with Crippen molar-refractivity contribution in [2.45, 2.75) is 32.2 Å². The van der Waals surface area contributed by atoms with Crippen LogP contribution < -0.4 is 0 Å². The molecule has 0 radical (unpaired) electrons. The molecular weight excluding hydrogens is 234 g/mol. The highest BCUT2D eigenvalue weighted by Gasteiger charge is 2.18. The van der Waals surface area contributed by atoms with Gasteiger partial charge in [-0.25, -0.2) is 4.98 Å². The van der Waals surface area contributed by atoms with Crippen LogP contribution in [-0.2, 0) is 9.59 Å². The van der Waals surface area contributed by atoms with E-state index >= 15 is 0 Å². The van der Waals surface area contributed by atoms with Crippen LogP contribution in [0.3, 0.4) is 0 Å². The molecule has 0 aromatic carbocycles. The van der Waals surface area contributed by atoms with Gasteiger partial charge in [-0.05, 0) is 6.42 Å². The minimum absolute atomic E-state index is 0.0428. The number of carboxylic acids is 1. The summed E-state index contributed by atoms with van der Waals surface area (Å²) in [7, 11) is 1.51. The molecule has 1 heterocycles. The summed E-state index contributed by atoms with van der Waals surface area (Å²) in [4.78, 5) is 27.6. The van der Waals surface area contributed by atoms with Gasteiger partial charge in [0.15, 0.2) is 0 Å². The molecule has 0 spiro atoms. The molecule has 1 amide bonds. The molecule has 0 bridgehead atoms. The number of hydrogen-bond donors (Lipinski definition) is 1. The van der Waals surface area contributed by atoms with Gasteiger partial charge in [0.1, 0.15) is 6.54 Å². The molecule has 1 atom stereocenters. The van der Waals surface area contributed by atoms with E-state index in [0.717, 1.165) is 12.8 Å². The molecule has 0 aliphatic rings. The van der Waals surface area contributed by atoms with Gasteiger partial charge in [0.2, 0.25) is 5.91 Å². The van der Waals surface area contributed by atoms with Crippen molar-refractivity contribution in [3.05, 3.63) is 18.7 Å². The second-order valence-electron chi connectivity index (χ2n) is 4.30. The first-order valence-corrected chi connectivity index (χ1v) is 5.97. The lowest BCUT2D eigenvalue weighted by atomic mass is 10.1. The largest absolute Gasteiger partial charge is 0.480 e. The minimum atomic E-state index is -1.000. The van der Waals surface area contributed by atoms with E-state index in [9.17, 15) is 9.59 Å². The molecule has 0 fully saturated rings. The van der Waals surface area contributed by atoms with Gasteiger partial charge in [-0.1, -0.05) is 13.3 Å². The summed E-state index contributed by atoms with van der Waals surface area (Å²) in [5, 5.41) is 8.65. The predicted octanol–water partition coefficient (Wildman–Crippen LogP) is 1.16. The number of nitrogens with zero attached hydrogens (tertiary/aromatic N) is 3. The molecule has 0 saturated carbocycles. The maximum atomic E-state index is 11.9. The summed E-state index contributed by atoms with van der Waals surface area (Å²) in [6.07, 6.45) is 7.31. The molecule has 1 aromatic heterocycles. The Morgan fingerprint density at radius 3 is 2.72 bits per heavy atom. The third kappa shape index (κ3) is 4.20. The van der Waals surface area contributed by atoms with E-state index in [2.05, 4.69) is 11.9 Å². The Balaban J connectivity index is 2.61. The van der Waals surface area contributed by atoms with E-state index < -0.39 is 5.97 Å². The standard InChI is InChI=1S/C12H19N3O3/c1-3-4-10(15-6-5-13-9-15)7-11(16)14(2)8-12(17)18/h5-6,9-10H,3-4,7-8H2,1-2H3,(H,17,18). The van der Waals surface area contributed by atoms with E-state index in [1.54, 1.807) is 12.5 Å². The molecule has 6 heteroatoms. The van der Waals surface area contributed by atoms with E-state index in [1.165, 1.54) is 11.9 Å². The maximum Gasteiger partial charge on any atom is 0.323 e. The number of carboxylic acid groups (broad SMARTS) is 1. The first-order valence-electron chi connectivity index (χ1n) is 5.97. The van der Waals surface area contributed by atoms with Gasteiger partial charge < -0.3 is 14.6 Å². The highest BCUT2D eigenvalue weighted by atomic mass is 16.4. The minimum Gasteiger partial charge on any atom is -0.480 e. The Kier molecular flexibility index (Phi) is 5.35. The van der Waals surface area contributed by atoms with Crippen LogP contribution in [0, 0.1) is 0 Å². The molecule has 1 aromatic rings. The normalized spacial score (nSPS) is 12.1. The van der Waals surface area contributed by atoms with E-state index in [1.807, 2.05) is 10.8 Å². The molecule has 0 aliphatic heterocycles. The summed E-state index contributed by atoms with van der Waals surface area (Å²) in [5.41, 5.74) is 0. The van der Waals surface area contributed by atoms with Crippen molar-refractivity contribution >= 4 is 11.9 Å². The van der Waals surface area contributed by atoms with Gasteiger partial charge in [0, 0.05) is 31.9 Å². The number of amides is 1. The highest BCUT2D eigenvalue weighted by molar-refractivity contribution is 5.81. The Morgan fingerprint density at radius 2 is 2.22 bits per heavy atom. The third-order valence-corrected chi connectivity index (χ3v) is 2.78. The van der Waals surface area contributed by atoms with Crippen LogP contribution in [0.4, 0.5) is 0 Å². The van der Waals surface area contributed by atoms with E-state index in [-0.39, 0.29) is 18.5 Å². The van der Waals surface area contributed by atoms with Crippen molar-refractivity contribution in [3.8, 4) is 0 Å². The Morgan fingerprint density at radius 1 is 1.50 bits per heavy atom. The highest BCUT2D eigenvalue weighted by Crippen LogP contribution is 2.18. The summed E-state index contributed by atoms with van der Waals surface area (Å²) >= 11 is 0. The molecular formula is C12H19N3O3. The summed E-state index contributed by atoms with van der Waals surface area (Å²) < 4.78 is 1.90. The molecule has 0 aliphatic carbocycles. The number of carbonyl (C=O) groups is 2. The molecule has 6 nitrogen and oxygen atoms in total. The fraction of sp³-hybridized carbons (Fsp3) is 0.583. The lowest BCUT2D eigenvalue weighted by Gasteiger charge is -2.21. The van der Waals surface area contributed by atoms with Crippen LogP contribution in [0.15, 0.2) is 18.7 Å². The number of rotatable bonds is 7. The average molecular weight is 253 g/mol. The topological polar surface area (TPSA) is 75.4 Å². The van der Waals surface area contributed by atoms with Gasteiger partial charge in [0.25, 0.3) is 0 Å². The summed E-state index contributed by atoms with van der Waals surface area (Å²) in [5.74, 6) is -1.16. The second-order valence-corrected chi connectivity index (χ2v) is 4.30. The van der Waals surface area contributed by atoms with E-state index in [4.69, 9.17) is 5.11 Å². The first kappa shape index (κ1) is 14.2. The van der Waals surface area contributed by atoms with Gasteiger partial charge >= 0.3 is 5.97 Å². The van der Waals surface area contributed by atoms with Crippen LogP contribution >= 0.6 is 0 Å². The second kappa shape index (κ2) is 6.78. The smallest absolute Gasteiger partial charge is 0.323 e. The Bertz CT molecular complexity index is 389. The lowest BCUT2D eigenvalue weighted by molar-refractivity contribution is -0.143. The first-order chi connectivity index (χ1) is 8.54. The summed E-state index contributed by atoms with van der Waals surface area (Å²) in [6, 6.07) is 0.0428. The van der Waals surface area contributed by atoms with Crippen molar-refractivity contribution in [1.29, 1.82) is 0 Å².